The molecule has 1 aliphatic rings. The van der Waals surface area contributed by atoms with Crippen LogP contribution in [0.15, 0.2) is 28.5 Å². The summed E-state index contributed by atoms with van der Waals surface area (Å²) in [5, 5.41) is 1.26. The molecular weight excluding hydrogens is 226 g/mol. The number of nitrogen functional groups attached to an aromatic ring is 1. The summed E-state index contributed by atoms with van der Waals surface area (Å²) in [4.78, 5) is 0.280. The van der Waals surface area contributed by atoms with Crippen molar-refractivity contribution < 1.29 is 13.2 Å². The molecule has 86 valence electrons. The Balaban J connectivity index is 2.48. The standard InChI is InChI=1S/C11H13NO3S/c1-2-15-6-8-7-16(13,14)11-5-9(12)3-4-10(8)11/h3-5,7H,2,6,12H2,1H3. The largest absolute Gasteiger partial charge is 0.399 e. The summed E-state index contributed by atoms with van der Waals surface area (Å²) in [6.07, 6.45) is 0. The van der Waals surface area contributed by atoms with E-state index >= 15 is 0 Å². The first-order chi connectivity index (χ1) is 7.54. The Bertz CT molecular complexity index is 546. The van der Waals surface area contributed by atoms with Gasteiger partial charge in [-0.25, -0.2) is 8.42 Å². The van der Waals surface area contributed by atoms with E-state index in [2.05, 4.69) is 0 Å². The van der Waals surface area contributed by atoms with Gasteiger partial charge < -0.3 is 10.5 Å². The molecule has 0 atom stereocenters. The summed E-state index contributed by atoms with van der Waals surface area (Å²) < 4.78 is 28.8. The number of anilines is 1. The molecule has 2 rings (SSSR count). The zero-order valence-electron chi connectivity index (χ0n) is 8.93. The van der Waals surface area contributed by atoms with Crippen molar-refractivity contribution in [3.63, 3.8) is 0 Å². The van der Waals surface area contributed by atoms with E-state index in [1.165, 1.54) is 11.5 Å². The third-order valence-electron chi connectivity index (χ3n) is 2.42. The zero-order valence-corrected chi connectivity index (χ0v) is 9.75. The number of hydrogen-bond donors (Lipinski definition) is 1. The first-order valence-electron chi connectivity index (χ1n) is 4.98. The molecule has 16 heavy (non-hydrogen) atoms. The van der Waals surface area contributed by atoms with Gasteiger partial charge in [0.05, 0.1) is 11.5 Å². The molecule has 0 saturated heterocycles. The summed E-state index contributed by atoms with van der Waals surface area (Å²) in [5.74, 6) is 0. The Morgan fingerprint density at radius 1 is 1.38 bits per heavy atom. The SMILES string of the molecule is CCOCC1=CS(=O)(=O)c2cc(N)ccc21. The number of rotatable bonds is 3. The van der Waals surface area contributed by atoms with Gasteiger partial charge in [-0.05, 0) is 30.2 Å². The van der Waals surface area contributed by atoms with Crippen LogP contribution in [0.1, 0.15) is 12.5 Å². The fourth-order valence-corrected chi connectivity index (χ4v) is 3.18. The lowest BCUT2D eigenvalue weighted by Crippen LogP contribution is -1.97. The highest BCUT2D eigenvalue weighted by Crippen LogP contribution is 2.34. The second-order valence-electron chi connectivity index (χ2n) is 3.58. The minimum atomic E-state index is -3.33. The highest BCUT2D eigenvalue weighted by molar-refractivity contribution is 7.95. The predicted molar refractivity (Wildman–Crippen MR) is 62.5 cm³/mol. The molecule has 4 nitrogen and oxygen atoms in total. The molecule has 0 amide bonds. The van der Waals surface area contributed by atoms with Gasteiger partial charge in [0.2, 0.25) is 9.84 Å². The van der Waals surface area contributed by atoms with Crippen molar-refractivity contribution in [2.24, 2.45) is 0 Å². The van der Waals surface area contributed by atoms with Gasteiger partial charge in [0.1, 0.15) is 0 Å². The predicted octanol–water partition coefficient (Wildman–Crippen LogP) is 1.43. The van der Waals surface area contributed by atoms with Gasteiger partial charge in [-0.2, -0.15) is 0 Å². The van der Waals surface area contributed by atoms with E-state index in [-0.39, 0.29) is 4.90 Å². The van der Waals surface area contributed by atoms with E-state index in [0.29, 0.717) is 30.0 Å². The summed E-state index contributed by atoms with van der Waals surface area (Å²) >= 11 is 0. The monoisotopic (exact) mass is 239 g/mol. The average Bonchev–Trinajstić information content (AvgIpc) is 2.48. The highest BCUT2D eigenvalue weighted by Gasteiger charge is 2.26. The van der Waals surface area contributed by atoms with Gasteiger partial charge >= 0.3 is 0 Å². The summed E-state index contributed by atoms with van der Waals surface area (Å²) in [6, 6.07) is 4.90. The summed E-state index contributed by atoms with van der Waals surface area (Å²) in [7, 11) is -3.33. The molecule has 0 radical (unpaired) electrons. The quantitative estimate of drug-likeness (QED) is 0.810. The molecule has 0 spiro atoms. The minimum Gasteiger partial charge on any atom is -0.399 e. The number of fused-ring (bicyclic) bond motifs is 1. The van der Waals surface area contributed by atoms with Gasteiger partial charge in [-0.3, -0.25) is 0 Å². The molecule has 0 bridgehead atoms. The van der Waals surface area contributed by atoms with Gasteiger partial charge in [0.15, 0.2) is 0 Å². The van der Waals surface area contributed by atoms with E-state index in [0.717, 1.165) is 0 Å². The van der Waals surface area contributed by atoms with Gasteiger partial charge in [-0.15, -0.1) is 0 Å². The van der Waals surface area contributed by atoms with Crippen LogP contribution in [-0.4, -0.2) is 21.6 Å². The maximum Gasteiger partial charge on any atom is 0.200 e. The van der Waals surface area contributed by atoms with E-state index in [9.17, 15) is 8.42 Å². The Morgan fingerprint density at radius 3 is 2.81 bits per heavy atom. The van der Waals surface area contributed by atoms with Crippen molar-refractivity contribution in [1.82, 2.24) is 0 Å². The minimum absolute atomic E-state index is 0.280. The third kappa shape index (κ3) is 1.83. The number of benzene rings is 1. The maximum atomic E-state index is 11.8. The third-order valence-corrected chi connectivity index (χ3v) is 3.96. The van der Waals surface area contributed by atoms with Crippen molar-refractivity contribution >= 4 is 21.1 Å². The molecule has 1 aromatic carbocycles. The topological polar surface area (TPSA) is 69.4 Å². The molecule has 1 heterocycles. The van der Waals surface area contributed by atoms with Crippen LogP contribution >= 0.6 is 0 Å². The van der Waals surface area contributed by atoms with Crippen LogP contribution in [0.4, 0.5) is 5.69 Å². The van der Waals surface area contributed by atoms with E-state index in [1.807, 2.05) is 6.92 Å². The molecule has 0 unspecified atom stereocenters. The first kappa shape index (κ1) is 11.2. The first-order valence-corrected chi connectivity index (χ1v) is 6.52. The highest BCUT2D eigenvalue weighted by atomic mass is 32.2. The van der Waals surface area contributed by atoms with E-state index in [1.54, 1.807) is 12.1 Å². The Hall–Kier alpha value is -1.33. The molecule has 0 aromatic heterocycles. The van der Waals surface area contributed by atoms with Crippen LogP contribution in [0.2, 0.25) is 0 Å². The van der Waals surface area contributed by atoms with E-state index in [4.69, 9.17) is 10.5 Å². The molecule has 0 saturated carbocycles. The average molecular weight is 239 g/mol. The summed E-state index contributed by atoms with van der Waals surface area (Å²) in [6.45, 7) is 2.74. The molecular formula is C11H13NO3S. The van der Waals surface area contributed by atoms with Crippen molar-refractivity contribution in [3.05, 3.63) is 29.2 Å². The fraction of sp³-hybridized carbons (Fsp3) is 0.273. The number of ether oxygens (including phenoxy) is 1. The normalized spacial score (nSPS) is 16.9. The molecule has 1 aromatic rings. The Morgan fingerprint density at radius 2 is 2.12 bits per heavy atom. The van der Waals surface area contributed by atoms with E-state index < -0.39 is 9.84 Å². The lowest BCUT2D eigenvalue weighted by atomic mass is 10.1. The zero-order chi connectivity index (χ0) is 11.8. The van der Waals surface area contributed by atoms with Crippen LogP contribution in [0.3, 0.4) is 0 Å². The Kier molecular flexibility index (Phi) is 2.73. The van der Waals surface area contributed by atoms with Gasteiger partial charge in [0, 0.05) is 17.7 Å². The lowest BCUT2D eigenvalue weighted by Gasteiger charge is -2.04. The summed E-state index contributed by atoms with van der Waals surface area (Å²) in [5.41, 5.74) is 7.42. The lowest BCUT2D eigenvalue weighted by molar-refractivity contribution is 0.182. The van der Waals surface area contributed by atoms with Gasteiger partial charge in [-0.1, -0.05) is 6.07 Å². The number of nitrogens with two attached hydrogens (primary N) is 1. The van der Waals surface area contributed by atoms with Crippen molar-refractivity contribution in [1.29, 1.82) is 0 Å². The van der Waals surface area contributed by atoms with Crippen LogP contribution in [0.25, 0.3) is 5.57 Å². The second-order valence-corrected chi connectivity index (χ2v) is 5.35. The van der Waals surface area contributed by atoms with Crippen molar-refractivity contribution in [2.75, 3.05) is 18.9 Å². The molecule has 1 aliphatic heterocycles. The fourth-order valence-electron chi connectivity index (χ4n) is 1.68. The molecule has 0 aliphatic carbocycles. The van der Waals surface area contributed by atoms with Crippen LogP contribution in [-0.2, 0) is 14.6 Å². The van der Waals surface area contributed by atoms with Crippen LogP contribution in [0, 0.1) is 0 Å². The Labute approximate surface area is 94.6 Å². The number of hydrogen-bond acceptors (Lipinski definition) is 4. The molecule has 5 heteroatoms. The van der Waals surface area contributed by atoms with Crippen molar-refractivity contribution in [2.45, 2.75) is 11.8 Å². The second kappa shape index (κ2) is 3.92. The molecule has 0 fully saturated rings. The maximum absolute atomic E-state index is 11.8. The smallest absolute Gasteiger partial charge is 0.200 e. The van der Waals surface area contributed by atoms with Gasteiger partial charge in [0.25, 0.3) is 0 Å². The number of sulfone groups is 1. The molecule has 2 N–H and O–H groups in total. The van der Waals surface area contributed by atoms with Crippen molar-refractivity contribution in [3.8, 4) is 0 Å². The van der Waals surface area contributed by atoms with Crippen LogP contribution in [0.5, 0.6) is 0 Å². The van der Waals surface area contributed by atoms with Crippen LogP contribution < -0.4 is 5.73 Å².